The Morgan fingerprint density at radius 2 is 1.67 bits per heavy atom. The summed E-state index contributed by atoms with van der Waals surface area (Å²) in [6.07, 6.45) is 4.92. The minimum absolute atomic E-state index is 0. The minimum atomic E-state index is 0. The molecule has 0 aliphatic rings. The summed E-state index contributed by atoms with van der Waals surface area (Å²) >= 11 is 0. The SMILES string of the molecule is C#CC(C)C.[Li]. The Morgan fingerprint density at radius 1 is 1.50 bits per heavy atom. The molecular weight excluding hydrogens is 67.0 g/mol. The zero-order valence-electron chi connectivity index (χ0n) is 4.65. The van der Waals surface area contributed by atoms with Gasteiger partial charge in [-0.1, -0.05) is 13.8 Å². The van der Waals surface area contributed by atoms with Gasteiger partial charge in [-0.15, -0.1) is 12.3 Å². The third-order valence-corrected chi connectivity index (χ3v) is 0.333. The van der Waals surface area contributed by atoms with Crippen molar-refractivity contribution in [3.05, 3.63) is 0 Å². The molecule has 0 fully saturated rings. The van der Waals surface area contributed by atoms with Crippen molar-refractivity contribution in [1.82, 2.24) is 0 Å². The van der Waals surface area contributed by atoms with Crippen molar-refractivity contribution >= 4 is 18.9 Å². The van der Waals surface area contributed by atoms with Gasteiger partial charge in [-0.3, -0.25) is 0 Å². The van der Waals surface area contributed by atoms with E-state index in [0.29, 0.717) is 5.92 Å². The number of hydrogen-bond acceptors (Lipinski definition) is 0. The maximum absolute atomic E-state index is 4.92. The zero-order chi connectivity index (χ0) is 4.28. The maximum Gasteiger partial charge on any atom is 0.0143 e. The molecule has 0 heterocycles. The molecule has 0 aromatic heterocycles. The van der Waals surface area contributed by atoms with Crippen LogP contribution in [0.3, 0.4) is 0 Å². The van der Waals surface area contributed by atoms with E-state index in [-0.39, 0.29) is 18.9 Å². The van der Waals surface area contributed by atoms with Crippen LogP contribution in [0.25, 0.3) is 0 Å². The van der Waals surface area contributed by atoms with Gasteiger partial charge in [0.25, 0.3) is 0 Å². The Balaban J connectivity index is 0. The standard InChI is InChI=1S/C5H8.Li/c1-4-5(2)3;/h1,5H,2-3H3;. The molecule has 1 radical (unpaired) electrons. The van der Waals surface area contributed by atoms with E-state index in [1.807, 2.05) is 13.8 Å². The molecule has 29 valence electrons. The van der Waals surface area contributed by atoms with E-state index in [1.165, 1.54) is 0 Å². The zero-order valence-corrected chi connectivity index (χ0v) is 4.65. The first-order valence-corrected chi connectivity index (χ1v) is 1.73. The number of terminal acetylenes is 1. The Labute approximate surface area is 51.5 Å². The van der Waals surface area contributed by atoms with Gasteiger partial charge in [-0.05, 0) is 0 Å². The predicted molar refractivity (Wildman–Crippen MR) is 29.4 cm³/mol. The molecule has 0 aliphatic carbocycles. The van der Waals surface area contributed by atoms with Crippen LogP contribution in [0.5, 0.6) is 0 Å². The summed E-state index contributed by atoms with van der Waals surface area (Å²) in [6, 6.07) is 0. The molecule has 0 rings (SSSR count). The summed E-state index contributed by atoms with van der Waals surface area (Å²) in [4.78, 5) is 0. The van der Waals surface area contributed by atoms with E-state index in [0.717, 1.165) is 0 Å². The fourth-order valence-electron chi connectivity index (χ4n) is 0. The van der Waals surface area contributed by atoms with E-state index in [9.17, 15) is 0 Å². The van der Waals surface area contributed by atoms with Crippen LogP contribution in [0.2, 0.25) is 0 Å². The average molecular weight is 75.1 g/mol. The van der Waals surface area contributed by atoms with Gasteiger partial charge in [0.1, 0.15) is 0 Å². The third-order valence-electron chi connectivity index (χ3n) is 0.333. The Morgan fingerprint density at radius 3 is 1.67 bits per heavy atom. The molecule has 0 atom stereocenters. The molecule has 0 aromatic rings. The molecule has 0 unspecified atom stereocenters. The summed E-state index contributed by atoms with van der Waals surface area (Å²) < 4.78 is 0. The van der Waals surface area contributed by atoms with Crippen molar-refractivity contribution in [2.24, 2.45) is 5.92 Å². The van der Waals surface area contributed by atoms with Gasteiger partial charge in [0.05, 0.1) is 0 Å². The van der Waals surface area contributed by atoms with Crippen LogP contribution in [0.15, 0.2) is 0 Å². The van der Waals surface area contributed by atoms with Gasteiger partial charge < -0.3 is 0 Å². The van der Waals surface area contributed by atoms with Crippen molar-refractivity contribution in [2.45, 2.75) is 13.8 Å². The van der Waals surface area contributed by atoms with Crippen molar-refractivity contribution in [3.8, 4) is 12.3 Å². The maximum atomic E-state index is 4.92. The predicted octanol–water partition coefficient (Wildman–Crippen LogP) is 0.895. The Hall–Kier alpha value is 0.157. The molecule has 0 nitrogen and oxygen atoms in total. The molecule has 1 heteroatoms. The van der Waals surface area contributed by atoms with Crippen LogP contribution in [0.1, 0.15) is 13.8 Å². The van der Waals surface area contributed by atoms with Gasteiger partial charge in [0, 0.05) is 24.8 Å². The quantitative estimate of drug-likeness (QED) is 0.296. The fraction of sp³-hybridized carbons (Fsp3) is 0.600. The second-order valence-electron chi connectivity index (χ2n) is 1.32. The molecule has 6 heavy (non-hydrogen) atoms. The summed E-state index contributed by atoms with van der Waals surface area (Å²) in [6.45, 7) is 3.97. The Bertz CT molecular complexity index is 49.4. The van der Waals surface area contributed by atoms with Crippen LogP contribution in [0.4, 0.5) is 0 Å². The van der Waals surface area contributed by atoms with Gasteiger partial charge >= 0.3 is 0 Å². The molecule has 0 amide bonds. The van der Waals surface area contributed by atoms with E-state index in [1.54, 1.807) is 0 Å². The molecule has 0 spiro atoms. The van der Waals surface area contributed by atoms with E-state index in [2.05, 4.69) is 5.92 Å². The summed E-state index contributed by atoms with van der Waals surface area (Å²) in [5.41, 5.74) is 0. The number of hydrogen-bond donors (Lipinski definition) is 0. The number of rotatable bonds is 0. The third kappa shape index (κ3) is 8.90. The van der Waals surface area contributed by atoms with Crippen LogP contribution in [-0.4, -0.2) is 18.9 Å². The first kappa shape index (κ1) is 9.48. The molecular formula is C5H8Li. The Kier molecular flexibility index (Phi) is 8.15. The van der Waals surface area contributed by atoms with Crippen molar-refractivity contribution < 1.29 is 0 Å². The first-order valence-electron chi connectivity index (χ1n) is 1.73. The smallest absolute Gasteiger partial charge is 0.0143 e. The average Bonchev–Trinajstić information content (AvgIpc) is 1.38. The van der Waals surface area contributed by atoms with Gasteiger partial charge in [0.2, 0.25) is 0 Å². The van der Waals surface area contributed by atoms with E-state index in [4.69, 9.17) is 6.42 Å². The van der Waals surface area contributed by atoms with Crippen molar-refractivity contribution in [2.75, 3.05) is 0 Å². The molecule has 0 bridgehead atoms. The normalized spacial score (nSPS) is 6.33. The molecule has 0 N–H and O–H groups in total. The van der Waals surface area contributed by atoms with Gasteiger partial charge in [-0.2, -0.15) is 0 Å². The molecule has 0 aromatic carbocycles. The topological polar surface area (TPSA) is 0 Å². The second-order valence-corrected chi connectivity index (χ2v) is 1.32. The molecule has 0 saturated carbocycles. The van der Waals surface area contributed by atoms with Crippen molar-refractivity contribution in [3.63, 3.8) is 0 Å². The molecule has 0 saturated heterocycles. The second kappa shape index (κ2) is 5.16. The monoisotopic (exact) mass is 75.1 g/mol. The van der Waals surface area contributed by atoms with Crippen LogP contribution < -0.4 is 0 Å². The van der Waals surface area contributed by atoms with E-state index < -0.39 is 0 Å². The van der Waals surface area contributed by atoms with Crippen LogP contribution in [0, 0.1) is 18.3 Å². The van der Waals surface area contributed by atoms with Crippen LogP contribution >= 0.6 is 0 Å². The van der Waals surface area contributed by atoms with E-state index >= 15 is 0 Å². The summed E-state index contributed by atoms with van der Waals surface area (Å²) in [5.74, 6) is 2.94. The summed E-state index contributed by atoms with van der Waals surface area (Å²) in [7, 11) is 0. The fourth-order valence-corrected chi connectivity index (χ4v) is 0. The summed E-state index contributed by atoms with van der Waals surface area (Å²) in [5, 5.41) is 0. The first-order chi connectivity index (χ1) is 2.27. The van der Waals surface area contributed by atoms with Crippen molar-refractivity contribution in [1.29, 1.82) is 0 Å². The van der Waals surface area contributed by atoms with Gasteiger partial charge in [0.15, 0.2) is 0 Å². The van der Waals surface area contributed by atoms with Gasteiger partial charge in [-0.25, -0.2) is 0 Å². The molecule has 0 aliphatic heterocycles. The van der Waals surface area contributed by atoms with Crippen LogP contribution in [-0.2, 0) is 0 Å². The minimum Gasteiger partial charge on any atom is -0.120 e. The largest absolute Gasteiger partial charge is 0.120 e.